The van der Waals surface area contributed by atoms with Gasteiger partial charge in [0.1, 0.15) is 17.4 Å². The highest BCUT2D eigenvalue weighted by atomic mass is 79.9. The average Bonchev–Trinajstić information content (AvgIpc) is 2.31. The molecule has 0 fully saturated rings. The fourth-order valence-electron chi connectivity index (χ4n) is 1.40. The predicted octanol–water partition coefficient (Wildman–Crippen LogP) is 4.41. The number of hydrogen-bond donors (Lipinski definition) is 1. The third-order valence-electron chi connectivity index (χ3n) is 2.42. The van der Waals surface area contributed by atoms with Gasteiger partial charge in [0, 0.05) is 18.2 Å². The van der Waals surface area contributed by atoms with Gasteiger partial charge in [-0.3, -0.25) is 0 Å². The van der Waals surface area contributed by atoms with Crippen LogP contribution < -0.4 is 10.5 Å². The van der Waals surface area contributed by atoms with E-state index in [0.717, 1.165) is 6.07 Å². The topological polar surface area (TPSA) is 35.2 Å². The zero-order valence-electron chi connectivity index (χ0n) is 9.51. The lowest BCUT2D eigenvalue weighted by atomic mass is 10.2. The highest BCUT2D eigenvalue weighted by Crippen LogP contribution is 2.32. The lowest BCUT2D eigenvalue weighted by molar-refractivity contribution is 0.476. The van der Waals surface area contributed by atoms with Gasteiger partial charge in [0.05, 0.1) is 10.2 Å². The Hall–Kier alpha value is -1.62. The summed E-state index contributed by atoms with van der Waals surface area (Å²) < 4.78 is 32.2. The molecule has 2 rings (SSSR count). The number of halogens is 3. The predicted molar refractivity (Wildman–Crippen MR) is 69.7 cm³/mol. The van der Waals surface area contributed by atoms with E-state index < -0.39 is 5.82 Å². The minimum atomic E-state index is -0.477. The van der Waals surface area contributed by atoms with Crippen LogP contribution in [0.3, 0.4) is 0 Å². The van der Waals surface area contributed by atoms with Gasteiger partial charge in [-0.15, -0.1) is 0 Å². The fraction of sp³-hybridized carbons (Fsp3) is 0.0769. The van der Waals surface area contributed by atoms with E-state index in [-0.39, 0.29) is 21.7 Å². The molecule has 0 spiro atoms. The zero-order chi connectivity index (χ0) is 13.3. The third kappa shape index (κ3) is 2.61. The molecule has 94 valence electrons. The van der Waals surface area contributed by atoms with Crippen LogP contribution in [0.4, 0.5) is 14.5 Å². The van der Waals surface area contributed by atoms with Crippen LogP contribution in [0, 0.1) is 18.6 Å². The third-order valence-corrected chi connectivity index (χ3v) is 3.03. The Labute approximate surface area is 112 Å². The van der Waals surface area contributed by atoms with Crippen molar-refractivity contribution in [1.29, 1.82) is 0 Å². The van der Waals surface area contributed by atoms with Crippen molar-refractivity contribution >= 4 is 21.6 Å². The van der Waals surface area contributed by atoms with E-state index in [1.54, 1.807) is 19.1 Å². The second kappa shape index (κ2) is 4.94. The molecule has 0 saturated carbocycles. The first-order valence-corrected chi connectivity index (χ1v) is 5.95. The maximum absolute atomic E-state index is 13.3. The largest absolute Gasteiger partial charge is 0.455 e. The monoisotopic (exact) mass is 313 g/mol. The van der Waals surface area contributed by atoms with Gasteiger partial charge >= 0.3 is 0 Å². The molecule has 0 unspecified atom stereocenters. The van der Waals surface area contributed by atoms with Crippen molar-refractivity contribution in [1.82, 2.24) is 0 Å². The van der Waals surface area contributed by atoms with Crippen LogP contribution in [0.15, 0.2) is 34.8 Å². The van der Waals surface area contributed by atoms with Gasteiger partial charge in [0.25, 0.3) is 0 Å². The van der Waals surface area contributed by atoms with Crippen LogP contribution in [-0.4, -0.2) is 0 Å². The maximum Gasteiger partial charge on any atom is 0.151 e. The first-order chi connectivity index (χ1) is 8.47. The van der Waals surface area contributed by atoms with E-state index in [1.807, 2.05) is 0 Å². The molecule has 0 bridgehead atoms. The molecule has 2 aromatic carbocycles. The Kier molecular flexibility index (Phi) is 3.52. The molecule has 0 heterocycles. The second-order valence-electron chi connectivity index (χ2n) is 3.82. The molecule has 18 heavy (non-hydrogen) atoms. The summed E-state index contributed by atoms with van der Waals surface area (Å²) in [4.78, 5) is 0. The van der Waals surface area contributed by atoms with Crippen molar-refractivity contribution in [2.24, 2.45) is 0 Å². The van der Waals surface area contributed by atoms with Crippen molar-refractivity contribution < 1.29 is 13.5 Å². The molecule has 5 heteroatoms. The van der Waals surface area contributed by atoms with Crippen molar-refractivity contribution in [3.8, 4) is 11.5 Å². The smallest absolute Gasteiger partial charge is 0.151 e. The van der Waals surface area contributed by atoms with Gasteiger partial charge in [-0.2, -0.15) is 0 Å². The molecule has 0 amide bonds. The van der Waals surface area contributed by atoms with Gasteiger partial charge in [-0.1, -0.05) is 6.07 Å². The standard InChI is InChI=1S/C13H10BrF2NO/c1-7-2-3-8(4-10(7)15)18-13-5-9(14)11(16)6-12(13)17/h2-6H,17H2,1H3. The summed E-state index contributed by atoms with van der Waals surface area (Å²) in [6.07, 6.45) is 0. The van der Waals surface area contributed by atoms with E-state index in [1.165, 1.54) is 12.1 Å². The number of ether oxygens (including phenoxy) is 1. The Morgan fingerprint density at radius 3 is 2.50 bits per heavy atom. The summed E-state index contributed by atoms with van der Waals surface area (Å²) in [7, 11) is 0. The normalized spacial score (nSPS) is 10.4. The number of nitrogens with two attached hydrogens (primary N) is 1. The van der Waals surface area contributed by atoms with Crippen LogP contribution in [0.25, 0.3) is 0 Å². The van der Waals surface area contributed by atoms with Gasteiger partial charge in [-0.05, 0) is 34.5 Å². The van der Waals surface area contributed by atoms with Crippen LogP contribution in [0.5, 0.6) is 11.5 Å². The van der Waals surface area contributed by atoms with Crippen molar-refractivity contribution in [3.05, 3.63) is 52.0 Å². The first kappa shape index (κ1) is 12.8. The first-order valence-electron chi connectivity index (χ1n) is 5.16. The lowest BCUT2D eigenvalue weighted by Crippen LogP contribution is -1.94. The molecule has 0 aliphatic rings. The van der Waals surface area contributed by atoms with Crippen LogP contribution in [-0.2, 0) is 0 Å². The Balaban J connectivity index is 2.34. The summed E-state index contributed by atoms with van der Waals surface area (Å²) in [5.41, 5.74) is 6.30. The van der Waals surface area contributed by atoms with E-state index in [9.17, 15) is 8.78 Å². The van der Waals surface area contributed by atoms with Crippen molar-refractivity contribution in [2.75, 3.05) is 5.73 Å². The van der Waals surface area contributed by atoms with Gasteiger partial charge in [0.2, 0.25) is 0 Å². The SMILES string of the molecule is Cc1ccc(Oc2cc(Br)c(F)cc2N)cc1F. The molecule has 0 radical (unpaired) electrons. The summed E-state index contributed by atoms with van der Waals surface area (Å²) in [5, 5.41) is 0. The molecule has 2 N–H and O–H groups in total. The van der Waals surface area contributed by atoms with Crippen LogP contribution >= 0.6 is 15.9 Å². The molecule has 0 saturated heterocycles. The minimum Gasteiger partial charge on any atom is -0.455 e. The summed E-state index contributed by atoms with van der Waals surface area (Å²) in [6.45, 7) is 1.65. The molecule has 2 aromatic rings. The van der Waals surface area contributed by atoms with Gasteiger partial charge in [0.15, 0.2) is 5.75 Å². The number of hydrogen-bond acceptors (Lipinski definition) is 2. The number of benzene rings is 2. The van der Waals surface area contributed by atoms with Gasteiger partial charge in [-0.25, -0.2) is 8.78 Å². The quantitative estimate of drug-likeness (QED) is 0.833. The molecular formula is C13H10BrF2NO. The number of nitrogen functional groups attached to an aromatic ring is 1. The highest BCUT2D eigenvalue weighted by Gasteiger charge is 2.09. The van der Waals surface area contributed by atoms with Crippen molar-refractivity contribution in [2.45, 2.75) is 6.92 Å². The molecule has 0 atom stereocenters. The molecule has 0 aliphatic carbocycles. The minimum absolute atomic E-state index is 0.150. The molecule has 2 nitrogen and oxygen atoms in total. The number of rotatable bonds is 2. The van der Waals surface area contributed by atoms with Gasteiger partial charge < -0.3 is 10.5 Å². The maximum atomic E-state index is 13.3. The second-order valence-corrected chi connectivity index (χ2v) is 4.67. The molecular weight excluding hydrogens is 304 g/mol. The average molecular weight is 314 g/mol. The van der Waals surface area contributed by atoms with E-state index >= 15 is 0 Å². The van der Waals surface area contributed by atoms with E-state index in [0.29, 0.717) is 11.3 Å². The lowest BCUT2D eigenvalue weighted by Gasteiger charge is -2.10. The van der Waals surface area contributed by atoms with Crippen LogP contribution in [0.2, 0.25) is 0 Å². The molecule has 0 aliphatic heterocycles. The Morgan fingerprint density at radius 1 is 1.11 bits per heavy atom. The summed E-state index contributed by atoms with van der Waals surface area (Å²) in [6, 6.07) is 7.02. The summed E-state index contributed by atoms with van der Waals surface area (Å²) >= 11 is 3.04. The Morgan fingerprint density at radius 2 is 1.83 bits per heavy atom. The van der Waals surface area contributed by atoms with E-state index in [2.05, 4.69) is 15.9 Å². The highest BCUT2D eigenvalue weighted by molar-refractivity contribution is 9.10. The number of aryl methyl sites for hydroxylation is 1. The fourth-order valence-corrected chi connectivity index (χ4v) is 1.72. The van der Waals surface area contributed by atoms with Crippen molar-refractivity contribution in [3.63, 3.8) is 0 Å². The summed E-state index contributed by atoms with van der Waals surface area (Å²) in [5.74, 6) is -0.267. The number of anilines is 1. The molecule has 0 aromatic heterocycles. The van der Waals surface area contributed by atoms with E-state index in [4.69, 9.17) is 10.5 Å². The zero-order valence-corrected chi connectivity index (χ0v) is 11.1. The van der Waals surface area contributed by atoms with Crippen LogP contribution in [0.1, 0.15) is 5.56 Å². The Bertz CT molecular complexity index is 602.